The molecule has 1 fully saturated rings. The van der Waals surface area contributed by atoms with Gasteiger partial charge in [-0.1, -0.05) is 63.3 Å². The molecule has 3 N–H and O–H groups in total. The van der Waals surface area contributed by atoms with Crippen molar-refractivity contribution in [3.8, 4) is 12.8 Å². The molecule has 0 radical (unpaired) electrons. The molecule has 1 aliphatic carbocycles. The molecule has 0 bridgehead atoms. The van der Waals surface area contributed by atoms with Crippen molar-refractivity contribution >= 4 is 11.6 Å². The molecular formula is C27H44N2O. The lowest BCUT2D eigenvalue weighted by Gasteiger charge is -2.25. The Bertz CT molecular complexity index is 649. The van der Waals surface area contributed by atoms with Crippen molar-refractivity contribution in [2.45, 2.75) is 98.4 Å². The van der Waals surface area contributed by atoms with Crippen LogP contribution in [0, 0.1) is 18.8 Å². The van der Waals surface area contributed by atoms with Crippen molar-refractivity contribution in [3.05, 3.63) is 41.0 Å². The molecule has 0 aliphatic heterocycles. The number of carbonyl (C=O) groups excluding carboxylic acids is 1. The monoisotopic (exact) mass is 412 g/mol. The van der Waals surface area contributed by atoms with Crippen molar-refractivity contribution in [1.29, 1.82) is 0 Å². The van der Waals surface area contributed by atoms with E-state index in [1.165, 1.54) is 48.8 Å². The second-order valence-electron chi connectivity index (χ2n) is 8.03. The maximum atomic E-state index is 12.3. The molecule has 3 nitrogen and oxygen atoms in total. The normalized spacial score (nSPS) is 16.6. The van der Waals surface area contributed by atoms with Crippen molar-refractivity contribution < 1.29 is 4.79 Å². The molecule has 30 heavy (non-hydrogen) atoms. The van der Waals surface area contributed by atoms with Crippen molar-refractivity contribution in [3.63, 3.8) is 0 Å². The minimum atomic E-state index is 0.0586. The lowest BCUT2D eigenvalue weighted by molar-refractivity contribution is -0.117. The Morgan fingerprint density at radius 3 is 2.10 bits per heavy atom. The molecule has 2 rings (SSSR count). The fourth-order valence-corrected chi connectivity index (χ4v) is 4.13. The second kappa shape index (κ2) is 15.7. The Morgan fingerprint density at radius 2 is 1.63 bits per heavy atom. The van der Waals surface area contributed by atoms with Crippen LogP contribution in [0.3, 0.4) is 0 Å². The van der Waals surface area contributed by atoms with Gasteiger partial charge in [0.25, 0.3) is 0 Å². The summed E-state index contributed by atoms with van der Waals surface area (Å²) in [5, 5.41) is 3.07. The number of benzene rings is 1. The van der Waals surface area contributed by atoms with Crippen molar-refractivity contribution in [1.82, 2.24) is 0 Å². The van der Waals surface area contributed by atoms with E-state index >= 15 is 0 Å². The SMILES string of the molecule is C#C.CC.CCC(C)=C(C)C(c1ccc(NC(=O)CC2CCCCC2)cc1)C(C)N. The molecular weight excluding hydrogens is 368 g/mol. The Balaban J connectivity index is 0.00000198. The summed E-state index contributed by atoms with van der Waals surface area (Å²) in [6.45, 7) is 12.6. The fraction of sp³-hybridized carbons (Fsp3) is 0.593. The van der Waals surface area contributed by atoms with Gasteiger partial charge >= 0.3 is 0 Å². The lowest BCUT2D eigenvalue weighted by atomic mass is 9.84. The van der Waals surface area contributed by atoms with Crippen molar-refractivity contribution in [2.75, 3.05) is 5.32 Å². The number of nitrogens with one attached hydrogen (secondary N) is 1. The van der Waals surface area contributed by atoms with E-state index in [-0.39, 0.29) is 17.9 Å². The van der Waals surface area contributed by atoms with Crippen LogP contribution in [-0.4, -0.2) is 11.9 Å². The number of allylic oxidation sites excluding steroid dienone is 1. The zero-order valence-corrected chi connectivity index (χ0v) is 20.1. The van der Waals surface area contributed by atoms with Crippen LogP contribution in [0.25, 0.3) is 0 Å². The smallest absolute Gasteiger partial charge is 0.224 e. The Morgan fingerprint density at radius 1 is 1.10 bits per heavy atom. The Labute approximate surface area is 185 Å². The van der Waals surface area contributed by atoms with E-state index in [1.807, 2.05) is 26.0 Å². The summed E-state index contributed by atoms with van der Waals surface area (Å²) in [4.78, 5) is 12.3. The molecule has 0 saturated heterocycles. The van der Waals surface area contributed by atoms with E-state index in [2.05, 4.69) is 58.0 Å². The standard InChI is InChI=1S/C23H36N2O.C2H6.C2H2/c1-5-16(2)17(3)23(18(4)24)20-11-13-21(14-12-20)25-22(26)15-19-9-7-6-8-10-19;2*1-2/h11-14,18-19,23H,5-10,15,24H2,1-4H3,(H,25,26);1-2H3;1-2H. The third-order valence-electron chi connectivity index (χ3n) is 5.95. The van der Waals surface area contributed by atoms with Gasteiger partial charge in [0.1, 0.15) is 0 Å². The first-order chi connectivity index (χ1) is 14.4. The van der Waals surface area contributed by atoms with Crippen LogP contribution in [0.5, 0.6) is 0 Å². The summed E-state index contributed by atoms with van der Waals surface area (Å²) in [5.74, 6) is 0.934. The summed E-state index contributed by atoms with van der Waals surface area (Å²) in [6.07, 6.45) is 16.0. The first-order valence-corrected chi connectivity index (χ1v) is 11.6. The average Bonchev–Trinajstić information content (AvgIpc) is 2.77. The molecule has 3 heteroatoms. The maximum absolute atomic E-state index is 12.3. The minimum Gasteiger partial charge on any atom is -0.327 e. The second-order valence-corrected chi connectivity index (χ2v) is 8.03. The van der Waals surface area contributed by atoms with E-state index in [0.717, 1.165) is 12.1 Å². The van der Waals surface area contributed by atoms with E-state index in [1.54, 1.807) is 0 Å². The van der Waals surface area contributed by atoms with E-state index in [0.29, 0.717) is 12.3 Å². The van der Waals surface area contributed by atoms with Crippen LogP contribution in [0.1, 0.15) is 98.0 Å². The number of hydrogen-bond donors (Lipinski definition) is 2. The van der Waals surface area contributed by atoms with Gasteiger partial charge in [-0.05, 0) is 63.6 Å². The highest BCUT2D eigenvalue weighted by atomic mass is 16.1. The molecule has 1 saturated carbocycles. The predicted molar refractivity (Wildman–Crippen MR) is 133 cm³/mol. The van der Waals surface area contributed by atoms with Gasteiger partial charge in [-0.25, -0.2) is 0 Å². The summed E-state index contributed by atoms with van der Waals surface area (Å²) < 4.78 is 0. The maximum Gasteiger partial charge on any atom is 0.224 e. The third-order valence-corrected chi connectivity index (χ3v) is 5.95. The molecule has 1 aromatic carbocycles. The average molecular weight is 413 g/mol. The van der Waals surface area contributed by atoms with Crippen LogP contribution in [-0.2, 0) is 4.79 Å². The summed E-state index contributed by atoms with van der Waals surface area (Å²) in [6, 6.07) is 8.30. The van der Waals surface area contributed by atoms with Gasteiger partial charge in [-0.2, -0.15) is 0 Å². The van der Waals surface area contributed by atoms with Gasteiger partial charge in [0, 0.05) is 24.1 Å². The van der Waals surface area contributed by atoms with Crippen LogP contribution in [0.15, 0.2) is 35.4 Å². The number of nitrogens with two attached hydrogens (primary N) is 1. The molecule has 1 amide bonds. The molecule has 0 spiro atoms. The zero-order valence-electron chi connectivity index (χ0n) is 20.1. The first kappa shape index (κ1) is 27.9. The minimum absolute atomic E-state index is 0.0586. The zero-order chi connectivity index (χ0) is 23.1. The highest BCUT2D eigenvalue weighted by molar-refractivity contribution is 5.90. The number of anilines is 1. The van der Waals surface area contributed by atoms with Gasteiger partial charge in [0.05, 0.1) is 0 Å². The number of hydrogen-bond acceptors (Lipinski definition) is 2. The van der Waals surface area contributed by atoms with Crippen LogP contribution < -0.4 is 11.1 Å². The molecule has 0 aromatic heterocycles. The number of rotatable bonds is 7. The van der Waals surface area contributed by atoms with Gasteiger partial charge in [-0.15, -0.1) is 12.8 Å². The molecule has 168 valence electrons. The number of terminal acetylenes is 1. The third kappa shape index (κ3) is 9.18. The van der Waals surface area contributed by atoms with Gasteiger partial charge < -0.3 is 11.1 Å². The molecule has 2 atom stereocenters. The van der Waals surface area contributed by atoms with Gasteiger partial charge in [-0.3, -0.25) is 4.79 Å². The quantitative estimate of drug-likeness (QED) is 0.372. The highest BCUT2D eigenvalue weighted by Gasteiger charge is 2.20. The fourth-order valence-electron chi connectivity index (χ4n) is 4.13. The van der Waals surface area contributed by atoms with E-state index in [9.17, 15) is 4.79 Å². The number of carbonyl (C=O) groups is 1. The number of amides is 1. The summed E-state index contributed by atoms with van der Waals surface area (Å²) in [5.41, 5.74) is 11.1. The topological polar surface area (TPSA) is 55.1 Å². The van der Waals surface area contributed by atoms with E-state index < -0.39 is 0 Å². The Hall–Kier alpha value is -2.05. The molecule has 2 unspecified atom stereocenters. The summed E-state index contributed by atoms with van der Waals surface area (Å²) >= 11 is 0. The van der Waals surface area contributed by atoms with Crippen LogP contribution >= 0.6 is 0 Å². The largest absolute Gasteiger partial charge is 0.327 e. The summed E-state index contributed by atoms with van der Waals surface area (Å²) in [7, 11) is 0. The van der Waals surface area contributed by atoms with Gasteiger partial charge in [0.15, 0.2) is 0 Å². The van der Waals surface area contributed by atoms with Crippen molar-refractivity contribution in [2.24, 2.45) is 11.7 Å². The highest BCUT2D eigenvalue weighted by Crippen LogP contribution is 2.31. The lowest BCUT2D eigenvalue weighted by Crippen LogP contribution is -2.26. The van der Waals surface area contributed by atoms with E-state index in [4.69, 9.17) is 5.73 Å². The molecule has 0 heterocycles. The predicted octanol–water partition coefficient (Wildman–Crippen LogP) is 7.05. The molecule has 1 aromatic rings. The first-order valence-electron chi connectivity index (χ1n) is 11.6. The van der Waals surface area contributed by atoms with Crippen LogP contribution in [0.2, 0.25) is 0 Å². The molecule has 1 aliphatic rings. The van der Waals surface area contributed by atoms with Crippen LogP contribution in [0.4, 0.5) is 5.69 Å². The van der Waals surface area contributed by atoms with Gasteiger partial charge in [0.2, 0.25) is 5.91 Å². The Kier molecular flexibility index (Phi) is 14.7.